The van der Waals surface area contributed by atoms with Crippen LogP contribution >= 0.6 is 11.8 Å². The molecule has 8 heteroatoms. The Balaban J connectivity index is 2.19. The van der Waals surface area contributed by atoms with E-state index in [-0.39, 0.29) is 16.1 Å². The maximum atomic E-state index is 12.8. The van der Waals surface area contributed by atoms with Crippen LogP contribution in [0.25, 0.3) is 0 Å². The van der Waals surface area contributed by atoms with Crippen molar-refractivity contribution in [3.63, 3.8) is 0 Å². The molecule has 1 atom stereocenters. The van der Waals surface area contributed by atoms with E-state index in [1.807, 2.05) is 18.2 Å². The summed E-state index contributed by atoms with van der Waals surface area (Å²) in [5.41, 5.74) is 1.11. The second-order valence-electron chi connectivity index (χ2n) is 5.99. The maximum Gasteiger partial charge on any atom is 0.243 e. The van der Waals surface area contributed by atoms with E-state index in [4.69, 9.17) is 0 Å². The Morgan fingerprint density at radius 1 is 1.22 bits per heavy atom. The van der Waals surface area contributed by atoms with Crippen LogP contribution in [0, 0.1) is 6.92 Å². The number of hydrogen-bond donors (Lipinski definition) is 1. The summed E-state index contributed by atoms with van der Waals surface area (Å²) in [6.45, 7) is 7.94. The third-order valence-electron chi connectivity index (χ3n) is 4.08. The predicted molar refractivity (Wildman–Crippen MR) is 109 cm³/mol. The van der Waals surface area contributed by atoms with E-state index in [0.717, 1.165) is 5.03 Å². The molecule has 0 aliphatic rings. The molecule has 0 aliphatic carbocycles. The fourth-order valence-electron chi connectivity index (χ4n) is 2.55. The topological polar surface area (TPSA) is 79.4 Å². The van der Waals surface area contributed by atoms with Crippen molar-refractivity contribution in [3.05, 3.63) is 48.2 Å². The highest BCUT2D eigenvalue weighted by Gasteiger charge is 2.24. The Kier molecular flexibility index (Phi) is 7.41. The van der Waals surface area contributed by atoms with E-state index in [9.17, 15) is 13.2 Å². The summed E-state index contributed by atoms with van der Waals surface area (Å²) in [7, 11) is -3.59. The highest BCUT2D eigenvalue weighted by atomic mass is 32.2. The first-order valence-electron chi connectivity index (χ1n) is 8.79. The predicted octanol–water partition coefficient (Wildman–Crippen LogP) is 3.54. The van der Waals surface area contributed by atoms with Crippen LogP contribution in [0.3, 0.4) is 0 Å². The van der Waals surface area contributed by atoms with Crippen LogP contribution in [0.2, 0.25) is 0 Å². The molecule has 0 spiro atoms. The number of carbonyl (C=O) groups excluding carboxylic acids is 1. The maximum absolute atomic E-state index is 12.8. The lowest BCUT2D eigenvalue weighted by Crippen LogP contribution is -2.31. The molecular weight excluding hydrogens is 382 g/mol. The fraction of sp³-hybridized carbons (Fsp3) is 0.368. The molecule has 6 nitrogen and oxygen atoms in total. The summed E-state index contributed by atoms with van der Waals surface area (Å²) in [5, 5.41) is 3.19. The Hall–Kier alpha value is -1.90. The van der Waals surface area contributed by atoms with Gasteiger partial charge in [-0.25, -0.2) is 13.4 Å². The number of amides is 1. The van der Waals surface area contributed by atoms with Gasteiger partial charge in [0.15, 0.2) is 0 Å². The minimum Gasteiger partial charge on any atom is -0.325 e. The number of thioether (sulfide) groups is 1. The molecule has 146 valence electrons. The van der Waals surface area contributed by atoms with Gasteiger partial charge in [-0.3, -0.25) is 4.79 Å². The van der Waals surface area contributed by atoms with Crippen LogP contribution < -0.4 is 5.32 Å². The quantitative estimate of drug-likeness (QED) is 0.677. The minimum absolute atomic E-state index is 0.208. The van der Waals surface area contributed by atoms with Gasteiger partial charge in [0.05, 0.1) is 15.2 Å². The SMILES string of the molecule is CCN(CC)S(=O)(=O)c1cc(NC(=O)[C@@H](C)Sc2ccccn2)ccc1C. The molecular formula is C19H25N3O3S2. The van der Waals surface area contributed by atoms with Crippen molar-refractivity contribution in [2.45, 2.75) is 42.9 Å². The van der Waals surface area contributed by atoms with E-state index < -0.39 is 10.0 Å². The fourth-order valence-corrected chi connectivity index (χ4v) is 5.07. The number of carbonyl (C=O) groups is 1. The van der Waals surface area contributed by atoms with Gasteiger partial charge < -0.3 is 5.32 Å². The summed E-state index contributed by atoms with van der Waals surface area (Å²) in [4.78, 5) is 16.9. The van der Waals surface area contributed by atoms with Crippen molar-refractivity contribution in [2.75, 3.05) is 18.4 Å². The van der Waals surface area contributed by atoms with Crippen molar-refractivity contribution in [2.24, 2.45) is 0 Å². The molecule has 2 rings (SSSR count). The van der Waals surface area contributed by atoms with Crippen molar-refractivity contribution < 1.29 is 13.2 Å². The Bertz CT molecular complexity index is 882. The molecule has 0 saturated carbocycles. The van der Waals surface area contributed by atoms with Crippen LogP contribution in [0.5, 0.6) is 0 Å². The molecule has 1 aromatic carbocycles. The average molecular weight is 408 g/mol. The third kappa shape index (κ3) is 5.31. The normalized spacial score (nSPS) is 12.8. The Morgan fingerprint density at radius 2 is 1.93 bits per heavy atom. The first-order chi connectivity index (χ1) is 12.8. The molecule has 27 heavy (non-hydrogen) atoms. The van der Waals surface area contributed by atoms with Gasteiger partial charge in [-0.05, 0) is 43.7 Å². The molecule has 1 aromatic heterocycles. The van der Waals surface area contributed by atoms with Gasteiger partial charge in [-0.2, -0.15) is 4.31 Å². The summed E-state index contributed by atoms with van der Waals surface area (Å²) >= 11 is 1.35. The van der Waals surface area contributed by atoms with E-state index in [2.05, 4.69) is 10.3 Å². The third-order valence-corrected chi connectivity index (χ3v) is 7.33. The highest BCUT2D eigenvalue weighted by molar-refractivity contribution is 8.00. The van der Waals surface area contributed by atoms with Gasteiger partial charge in [0.2, 0.25) is 15.9 Å². The average Bonchev–Trinajstić information content (AvgIpc) is 2.64. The number of aryl methyl sites for hydroxylation is 1. The molecule has 2 aromatic rings. The van der Waals surface area contributed by atoms with Crippen molar-refractivity contribution in [1.29, 1.82) is 0 Å². The van der Waals surface area contributed by atoms with E-state index in [0.29, 0.717) is 24.3 Å². The number of nitrogens with one attached hydrogen (secondary N) is 1. The molecule has 0 saturated heterocycles. The van der Waals surface area contributed by atoms with Gasteiger partial charge in [0, 0.05) is 25.0 Å². The van der Waals surface area contributed by atoms with Gasteiger partial charge >= 0.3 is 0 Å². The van der Waals surface area contributed by atoms with Crippen molar-refractivity contribution >= 4 is 33.4 Å². The summed E-state index contributed by atoms with van der Waals surface area (Å²) in [6.07, 6.45) is 1.68. The Labute approximate surface area is 165 Å². The van der Waals surface area contributed by atoms with Crippen molar-refractivity contribution in [1.82, 2.24) is 9.29 Å². The molecule has 1 amide bonds. The second-order valence-corrected chi connectivity index (χ2v) is 9.25. The number of pyridine rings is 1. The van der Waals surface area contributed by atoms with Crippen LogP contribution in [0.4, 0.5) is 5.69 Å². The van der Waals surface area contributed by atoms with Gasteiger partial charge in [0.25, 0.3) is 0 Å². The zero-order valence-corrected chi connectivity index (χ0v) is 17.6. The molecule has 1 heterocycles. The van der Waals surface area contributed by atoms with Gasteiger partial charge in [-0.15, -0.1) is 0 Å². The summed E-state index contributed by atoms with van der Waals surface area (Å²) < 4.78 is 27.1. The number of hydrogen-bond acceptors (Lipinski definition) is 5. The lowest BCUT2D eigenvalue weighted by molar-refractivity contribution is -0.115. The van der Waals surface area contributed by atoms with Gasteiger partial charge in [-0.1, -0.05) is 37.7 Å². The zero-order valence-electron chi connectivity index (χ0n) is 16.0. The lowest BCUT2D eigenvalue weighted by Gasteiger charge is -2.20. The number of rotatable bonds is 8. The lowest BCUT2D eigenvalue weighted by atomic mass is 10.2. The molecule has 0 radical (unpaired) electrons. The molecule has 0 fully saturated rings. The zero-order chi connectivity index (χ0) is 20.0. The van der Waals surface area contributed by atoms with Crippen molar-refractivity contribution in [3.8, 4) is 0 Å². The molecule has 1 N–H and O–H groups in total. The van der Waals surface area contributed by atoms with Gasteiger partial charge in [0.1, 0.15) is 0 Å². The number of anilines is 1. The van der Waals surface area contributed by atoms with Crippen LogP contribution in [-0.4, -0.2) is 42.0 Å². The largest absolute Gasteiger partial charge is 0.325 e. The highest BCUT2D eigenvalue weighted by Crippen LogP contribution is 2.25. The summed E-state index contributed by atoms with van der Waals surface area (Å²) in [6, 6.07) is 10.5. The number of aromatic nitrogens is 1. The second kappa shape index (κ2) is 9.34. The first-order valence-corrected chi connectivity index (χ1v) is 11.1. The van der Waals surface area contributed by atoms with Crippen LogP contribution in [-0.2, 0) is 14.8 Å². The number of benzene rings is 1. The molecule has 0 aliphatic heterocycles. The van der Waals surface area contributed by atoms with Crippen LogP contribution in [0.15, 0.2) is 52.5 Å². The summed E-state index contributed by atoms with van der Waals surface area (Å²) in [5.74, 6) is -0.208. The minimum atomic E-state index is -3.59. The smallest absolute Gasteiger partial charge is 0.243 e. The standard InChI is InChI=1S/C19H25N3O3S2/c1-5-22(6-2)27(24,25)17-13-16(11-10-14(17)3)21-19(23)15(4)26-18-9-7-8-12-20-18/h7-13,15H,5-6H2,1-4H3,(H,21,23)/t15-/m1/s1. The molecule has 0 unspecified atom stereocenters. The first kappa shape index (κ1) is 21.4. The molecule has 0 bridgehead atoms. The monoisotopic (exact) mass is 407 g/mol. The van der Waals surface area contributed by atoms with Crippen LogP contribution in [0.1, 0.15) is 26.3 Å². The Morgan fingerprint density at radius 3 is 2.52 bits per heavy atom. The number of sulfonamides is 1. The number of nitrogens with zero attached hydrogens (tertiary/aromatic N) is 2. The van der Waals surface area contributed by atoms with E-state index >= 15 is 0 Å². The van der Waals surface area contributed by atoms with E-state index in [1.54, 1.807) is 46.0 Å². The van der Waals surface area contributed by atoms with E-state index in [1.165, 1.54) is 22.1 Å².